The Morgan fingerprint density at radius 2 is 1.94 bits per heavy atom. The second kappa shape index (κ2) is 11.6. The Labute approximate surface area is 109 Å². The molecule has 0 fully saturated rings. The van der Waals surface area contributed by atoms with Crippen molar-refractivity contribution in [1.29, 1.82) is 5.41 Å². The van der Waals surface area contributed by atoms with Crippen LogP contribution in [0.25, 0.3) is 0 Å². The van der Waals surface area contributed by atoms with Crippen molar-refractivity contribution in [3.05, 3.63) is 35.9 Å². The van der Waals surface area contributed by atoms with Gasteiger partial charge in [0, 0.05) is 31.7 Å². The normalized spacial score (nSPS) is 11.2. The molecule has 0 heterocycles. The fourth-order valence-corrected chi connectivity index (χ4v) is 1.50. The van der Waals surface area contributed by atoms with Crippen LogP contribution in [-0.4, -0.2) is 25.8 Å². The highest BCUT2D eigenvalue weighted by molar-refractivity contribution is 6.17. The molecular weight excluding hydrogens is 234 g/mol. The summed E-state index contributed by atoms with van der Waals surface area (Å²) < 4.78 is 4.54. The number of hydrogen-bond donors (Lipinski definition) is 1. The molecule has 0 bridgehead atoms. The SMILES string of the molecule is CCOC.N=CC(CCCCl)c1ccccc1. The first-order chi connectivity index (χ1) is 8.29. The first-order valence-corrected chi connectivity index (χ1v) is 6.44. The summed E-state index contributed by atoms with van der Waals surface area (Å²) in [6.07, 6.45) is 3.44. The Balaban J connectivity index is 0.000000557. The van der Waals surface area contributed by atoms with Crippen molar-refractivity contribution in [3.63, 3.8) is 0 Å². The molecule has 3 heteroatoms. The number of hydrogen-bond acceptors (Lipinski definition) is 2. The molecule has 1 unspecified atom stereocenters. The zero-order valence-electron chi connectivity index (χ0n) is 10.7. The smallest absolute Gasteiger partial charge is 0.0433 e. The van der Waals surface area contributed by atoms with Crippen molar-refractivity contribution in [2.75, 3.05) is 19.6 Å². The summed E-state index contributed by atoms with van der Waals surface area (Å²) >= 11 is 5.61. The molecule has 1 atom stereocenters. The highest BCUT2D eigenvalue weighted by atomic mass is 35.5. The van der Waals surface area contributed by atoms with E-state index in [-0.39, 0.29) is 5.92 Å². The average molecular weight is 256 g/mol. The van der Waals surface area contributed by atoms with E-state index in [0.29, 0.717) is 5.88 Å². The number of benzene rings is 1. The van der Waals surface area contributed by atoms with Gasteiger partial charge in [0.1, 0.15) is 0 Å². The summed E-state index contributed by atoms with van der Waals surface area (Å²) in [7, 11) is 1.68. The van der Waals surface area contributed by atoms with Crippen LogP contribution in [0.15, 0.2) is 30.3 Å². The zero-order chi connectivity index (χ0) is 12.9. The molecular formula is C14H22ClNO. The van der Waals surface area contributed by atoms with E-state index in [9.17, 15) is 0 Å². The van der Waals surface area contributed by atoms with Gasteiger partial charge in [0.2, 0.25) is 0 Å². The van der Waals surface area contributed by atoms with Gasteiger partial charge in [-0.3, -0.25) is 0 Å². The van der Waals surface area contributed by atoms with Crippen LogP contribution >= 0.6 is 11.6 Å². The molecule has 1 aromatic carbocycles. The number of ether oxygens (including phenoxy) is 1. The number of alkyl halides is 1. The van der Waals surface area contributed by atoms with Crippen molar-refractivity contribution < 1.29 is 4.74 Å². The molecule has 0 aliphatic carbocycles. The molecule has 1 rings (SSSR count). The van der Waals surface area contributed by atoms with Gasteiger partial charge in [0.15, 0.2) is 0 Å². The van der Waals surface area contributed by atoms with Crippen LogP contribution in [0.1, 0.15) is 31.2 Å². The summed E-state index contributed by atoms with van der Waals surface area (Å²) in [6.45, 7) is 2.78. The standard InChI is InChI=1S/C11H14ClN.C3H8O/c12-8-4-7-11(9-13)10-5-2-1-3-6-10;1-3-4-2/h1-3,5-6,9,11,13H,4,7-8H2;3H2,1-2H3. The molecule has 0 aromatic heterocycles. The third kappa shape index (κ3) is 7.94. The third-order valence-electron chi connectivity index (χ3n) is 2.37. The van der Waals surface area contributed by atoms with Crippen LogP contribution in [0, 0.1) is 5.41 Å². The highest BCUT2D eigenvalue weighted by Gasteiger charge is 2.06. The van der Waals surface area contributed by atoms with E-state index < -0.39 is 0 Å². The van der Waals surface area contributed by atoms with Gasteiger partial charge in [0.05, 0.1) is 0 Å². The van der Waals surface area contributed by atoms with Crippen LogP contribution < -0.4 is 0 Å². The molecule has 2 nitrogen and oxygen atoms in total. The minimum Gasteiger partial charge on any atom is -0.385 e. The molecule has 0 radical (unpaired) electrons. The van der Waals surface area contributed by atoms with Crippen molar-refractivity contribution in [2.45, 2.75) is 25.7 Å². The van der Waals surface area contributed by atoms with E-state index in [2.05, 4.69) is 16.9 Å². The Morgan fingerprint density at radius 3 is 2.35 bits per heavy atom. The summed E-state index contributed by atoms with van der Waals surface area (Å²) in [4.78, 5) is 0. The lowest BCUT2D eigenvalue weighted by Gasteiger charge is -2.10. The fourth-order valence-electron chi connectivity index (χ4n) is 1.34. The van der Waals surface area contributed by atoms with Crippen LogP contribution in [-0.2, 0) is 4.74 Å². The lowest BCUT2D eigenvalue weighted by atomic mass is 9.96. The van der Waals surface area contributed by atoms with Crippen LogP contribution in [0.4, 0.5) is 0 Å². The monoisotopic (exact) mass is 255 g/mol. The molecule has 0 saturated heterocycles. The first-order valence-electron chi connectivity index (χ1n) is 5.90. The molecule has 0 spiro atoms. The van der Waals surface area contributed by atoms with E-state index in [4.69, 9.17) is 17.0 Å². The quantitative estimate of drug-likeness (QED) is 0.603. The maximum atomic E-state index is 7.31. The van der Waals surface area contributed by atoms with E-state index in [1.54, 1.807) is 7.11 Å². The third-order valence-corrected chi connectivity index (χ3v) is 2.63. The van der Waals surface area contributed by atoms with Crippen LogP contribution in [0.5, 0.6) is 0 Å². The first kappa shape index (κ1) is 16.1. The van der Waals surface area contributed by atoms with Gasteiger partial charge in [0.25, 0.3) is 0 Å². The second-order valence-electron chi connectivity index (χ2n) is 3.59. The highest BCUT2D eigenvalue weighted by Crippen LogP contribution is 2.18. The van der Waals surface area contributed by atoms with Crippen LogP contribution in [0.2, 0.25) is 0 Å². The lowest BCUT2D eigenvalue weighted by molar-refractivity contribution is 0.215. The minimum atomic E-state index is 0.236. The Kier molecular flexibility index (Phi) is 11.0. The number of nitrogens with one attached hydrogen (secondary N) is 1. The molecule has 0 amide bonds. The second-order valence-corrected chi connectivity index (χ2v) is 3.97. The Morgan fingerprint density at radius 1 is 1.35 bits per heavy atom. The molecule has 0 aliphatic rings. The van der Waals surface area contributed by atoms with Crippen molar-refractivity contribution in [1.82, 2.24) is 0 Å². The summed E-state index contributed by atoms with van der Waals surface area (Å²) in [5.41, 5.74) is 1.21. The van der Waals surface area contributed by atoms with Gasteiger partial charge < -0.3 is 10.1 Å². The largest absolute Gasteiger partial charge is 0.385 e. The summed E-state index contributed by atoms with van der Waals surface area (Å²) in [6, 6.07) is 10.1. The zero-order valence-corrected chi connectivity index (χ0v) is 11.4. The molecule has 1 aromatic rings. The Hall–Kier alpha value is -0.860. The predicted octanol–water partition coefficient (Wildman–Crippen LogP) is 4.09. The Bertz CT molecular complexity index is 275. The van der Waals surface area contributed by atoms with Crippen LogP contribution in [0.3, 0.4) is 0 Å². The summed E-state index contributed by atoms with van der Waals surface area (Å²) in [5, 5.41) is 7.31. The van der Waals surface area contributed by atoms with E-state index in [1.807, 2.05) is 25.1 Å². The summed E-state index contributed by atoms with van der Waals surface area (Å²) in [5.74, 6) is 0.914. The maximum absolute atomic E-state index is 7.31. The van der Waals surface area contributed by atoms with Gasteiger partial charge in [-0.15, -0.1) is 11.6 Å². The van der Waals surface area contributed by atoms with Gasteiger partial charge >= 0.3 is 0 Å². The maximum Gasteiger partial charge on any atom is 0.0433 e. The number of halogens is 1. The fraction of sp³-hybridized carbons (Fsp3) is 0.500. The van der Waals surface area contributed by atoms with Gasteiger partial charge in [-0.1, -0.05) is 30.3 Å². The van der Waals surface area contributed by atoms with Gasteiger partial charge in [-0.05, 0) is 25.3 Å². The molecule has 17 heavy (non-hydrogen) atoms. The van der Waals surface area contributed by atoms with E-state index in [0.717, 1.165) is 19.4 Å². The molecule has 0 aliphatic heterocycles. The van der Waals surface area contributed by atoms with E-state index >= 15 is 0 Å². The minimum absolute atomic E-state index is 0.236. The van der Waals surface area contributed by atoms with E-state index in [1.165, 1.54) is 11.8 Å². The molecule has 0 saturated carbocycles. The van der Waals surface area contributed by atoms with Crippen molar-refractivity contribution in [2.24, 2.45) is 0 Å². The van der Waals surface area contributed by atoms with Crippen molar-refractivity contribution in [3.8, 4) is 0 Å². The van der Waals surface area contributed by atoms with Gasteiger partial charge in [-0.25, -0.2) is 0 Å². The lowest BCUT2D eigenvalue weighted by Crippen LogP contribution is -1.99. The predicted molar refractivity (Wildman–Crippen MR) is 75.5 cm³/mol. The molecule has 96 valence electrons. The number of rotatable bonds is 6. The number of methoxy groups -OCH3 is 1. The molecule has 1 N–H and O–H groups in total. The topological polar surface area (TPSA) is 33.1 Å². The van der Waals surface area contributed by atoms with Crippen molar-refractivity contribution >= 4 is 17.8 Å². The average Bonchev–Trinajstić information content (AvgIpc) is 2.41. The van der Waals surface area contributed by atoms with Gasteiger partial charge in [-0.2, -0.15) is 0 Å².